The van der Waals surface area contributed by atoms with Crippen LogP contribution in [0.3, 0.4) is 0 Å². The molecule has 1 saturated heterocycles. The van der Waals surface area contributed by atoms with Crippen LogP contribution >= 0.6 is 9.39 Å². The van der Waals surface area contributed by atoms with Crippen molar-refractivity contribution in [3.05, 3.63) is 59.7 Å². The Bertz CT molecular complexity index is 795. The minimum atomic E-state index is -0.412. The van der Waals surface area contributed by atoms with Crippen LogP contribution < -0.4 is 4.74 Å². The van der Waals surface area contributed by atoms with Crippen molar-refractivity contribution in [1.29, 1.82) is 0 Å². The van der Waals surface area contributed by atoms with Gasteiger partial charge in [-0.05, 0) is 25.0 Å². The number of nitrogens with zero attached hydrogens (tertiary/aromatic N) is 1. The highest BCUT2D eigenvalue weighted by Crippen LogP contribution is 2.46. The first-order valence-electron chi connectivity index (χ1n) is 9.26. The van der Waals surface area contributed by atoms with Gasteiger partial charge in [0.05, 0.1) is 0 Å². The van der Waals surface area contributed by atoms with E-state index in [0.29, 0.717) is 11.8 Å². The number of carbonyl (C=O) groups is 1. The van der Waals surface area contributed by atoms with E-state index in [9.17, 15) is 4.79 Å². The van der Waals surface area contributed by atoms with E-state index in [4.69, 9.17) is 9.47 Å². The number of para-hydroxylation sites is 2. The van der Waals surface area contributed by atoms with E-state index in [1.165, 1.54) is 0 Å². The van der Waals surface area contributed by atoms with E-state index in [-0.39, 0.29) is 12.1 Å². The van der Waals surface area contributed by atoms with Gasteiger partial charge in [-0.25, -0.2) is 0 Å². The quantitative estimate of drug-likeness (QED) is 0.595. The third-order valence-electron chi connectivity index (χ3n) is 5.94. The van der Waals surface area contributed by atoms with E-state index >= 15 is 0 Å². The van der Waals surface area contributed by atoms with Crippen molar-refractivity contribution in [2.75, 3.05) is 13.1 Å². The average Bonchev–Trinajstić information content (AvgIpc) is 2.88. The molecule has 1 saturated carbocycles. The molecule has 2 fully saturated rings. The minimum absolute atomic E-state index is 0.0430. The van der Waals surface area contributed by atoms with E-state index < -0.39 is 5.92 Å². The van der Waals surface area contributed by atoms with Gasteiger partial charge in [0.25, 0.3) is 0 Å². The first-order chi connectivity index (χ1) is 12.7. The van der Waals surface area contributed by atoms with Crippen molar-refractivity contribution in [3.8, 4) is 11.5 Å². The maximum Gasteiger partial charge on any atom is 0.318 e. The summed E-state index contributed by atoms with van der Waals surface area (Å²) in [5.41, 5.74) is 1.79. The fourth-order valence-corrected chi connectivity index (χ4v) is 5.31. The van der Waals surface area contributed by atoms with Crippen LogP contribution in [0.5, 0.6) is 11.5 Å². The Morgan fingerprint density at radius 1 is 0.962 bits per heavy atom. The molecule has 2 heterocycles. The zero-order chi connectivity index (χ0) is 17.7. The lowest BCUT2D eigenvalue weighted by Gasteiger charge is -2.36. The number of ether oxygens (including phenoxy) is 2. The number of hydrogen-bond donors (Lipinski definition) is 0. The zero-order valence-electron chi connectivity index (χ0n) is 14.5. The maximum absolute atomic E-state index is 13.3. The molecule has 0 spiro atoms. The van der Waals surface area contributed by atoms with Crippen molar-refractivity contribution in [1.82, 2.24) is 4.67 Å². The molecule has 134 valence electrons. The number of hydrogen-bond acceptors (Lipinski definition) is 4. The first kappa shape index (κ1) is 16.3. The number of carbonyl (C=O) groups excluding carboxylic acids is 1. The average molecular weight is 367 g/mol. The normalized spacial score (nSPS) is 27.3. The van der Waals surface area contributed by atoms with Gasteiger partial charge in [0.2, 0.25) is 0 Å². The smallest absolute Gasteiger partial charge is 0.318 e. The van der Waals surface area contributed by atoms with Crippen LogP contribution in [0, 0.1) is 11.8 Å². The largest absolute Gasteiger partial charge is 0.461 e. The molecule has 4 nitrogen and oxygen atoms in total. The molecule has 2 aromatic carbocycles. The molecule has 0 radical (unpaired) electrons. The Balaban J connectivity index is 1.47. The summed E-state index contributed by atoms with van der Waals surface area (Å²) >= 11 is 0. The maximum atomic E-state index is 13.3. The van der Waals surface area contributed by atoms with Crippen molar-refractivity contribution in [3.63, 3.8) is 0 Å². The van der Waals surface area contributed by atoms with E-state index in [1.807, 2.05) is 48.5 Å². The lowest BCUT2D eigenvalue weighted by molar-refractivity contribution is -0.156. The summed E-state index contributed by atoms with van der Waals surface area (Å²) in [5, 5.41) is 0. The Hall–Kier alpha value is -1.90. The Morgan fingerprint density at radius 3 is 2.08 bits per heavy atom. The third-order valence-corrected chi connectivity index (χ3v) is 6.37. The van der Waals surface area contributed by atoms with E-state index in [1.54, 1.807) is 0 Å². The molecule has 5 rings (SSSR count). The second kappa shape index (κ2) is 6.37. The van der Waals surface area contributed by atoms with E-state index in [2.05, 4.69) is 14.1 Å². The lowest BCUT2D eigenvalue weighted by Crippen LogP contribution is -2.43. The van der Waals surface area contributed by atoms with Gasteiger partial charge in [-0.15, -0.1) is 0 Å². The second-order valence-corrected chi connectivity index (χ2v) is 8.29. The van der Waals surface area contributed by atoms with Crippen LogP contribution in [0.2, 0.25) is 0 Å². The van der Waals surface area contributed by atoms with Gasteiger partial charge in [-0.1, -0.05) is 45.8 Å². The molecule has 2 bridgehead atoms. The summed E-state index contributed by atoms with van der Waals surface area (Å²) in [6, 6.07) is 15.5. The summed E-state index contributed by atoms with van der Waals surface area (Å²) in [7, 11) is 2.80. The summed E-state index contributed by atoms with van der Waals surface area (Å²) in [6.07, 6.45) is 2.34. The predicted molar refractivity (Wildman–Crippen MR) is 102 cm³/mol. The first-order valence-corrected chi connectivity index (χ1v) is 9.78. The Kier molecular flexibility index (Phi) is 3.99. The lowest BCUT2D eigenvalue weighted by atomic mass is 9.87. The monoisotopic (exact) mass is 367 g/mol. The third kappa shape index (κ3) is 2.64. The van der Waals surface area contributed by atoms with Crippen molar-refractivity contribution in [2.45, 2.75) is 24.9 Å². The van der Waals surface area contributed by atoms with Crippen molar-refractivity contribution in [2.24, 2.45) is 11.8 Å². The molecule has 3 atom stereocenters. The van der Waals surface area contributed by atoms with Crippen LogP contribution in [0.15, 0.2) is 48.5 Å². The molecule has 2 aromatic rings. The van der Waals surface area contributed by atoms with Gasteiger partial charge in [-0.3, -0.25) is 9.46 Å². The fraction of sp³-hybridized carbons (Fsp3) is 0.381. The highest BCUT2D eigenvalue weighted by Gasteiger charge is 2.45. The van der Waals surface area contributed by atoms with Gasteiger partial charge in [-0.2, -0.15) is 0 Å². The number of fused-ring (bicyclic) bond motifs is 4. The summed E-state index contributed by atoms with van der Waals surface area (Å²) < 4.78 is 14.4. The number of esters is 1. The van der Waals surface area contributed by atoms with Crippen LogP contribution in [0.25, 0.3) is 0 Å². The van der Waals surface area contributed by atoms with Crippen LogP contribution in [-0.4, -0.2) is 29.8 Å². The Labute approximate surface area is 155 Å². The molecular formula is C21H22NO3P. The highest BCUT2D eigenvalue weighted by atomic mass is 31.0. The van der Waals surface area contributed by atoms with Gasteiger partial charge in [0, 0.05) is 36.1 Å². The standard InChI is InChI=1S/C21H22NO3P/c23-21(25-20-13-9-10-14(20)12-22(26)11-13)19-15-5-1-3-7-17(15)24-18-8-4-2-6-16(18)19/h1-8,13-14,19-20H,9-12,26H2. The summed E-state index contributed by atoms with van der Waals surface area (Å²) in [4.78, 5) is 13.3. The summed E-state index contributed by atoms with van der Waals surface area (Å²) in [5.74, 6) is 1.82. The minimum Gasteiger partial charge on any atom is -0.461 e. The second-order valence-electron chi connectivity index (χ2n) is 7.56. The van der Waals surface area contributed by atoms with Crippen molar-refractivity contribution >= 4 is 15.4 Å². The van der Waals surface area contributed by atoms with Crippen molar-refractivity contribution < 1.29 is 14.3 Å². The number of rotatable bonds is 2. The molecular weight excluding hydrogens is 345 g/mol. The molecule has 0 N–H and O–H groups in total. The molecule has 3 aliphatic rings. The number of benzene rings is 2. The molecule has 3 unspecified atom stereocenters. The van der Waals surface area contributed by atoms with Gasteiger partial charge in [0.1, 0.15) is 23.5 Å². The number of piperidine rings is 1. The Morgan fingerprint density at radius 2 is 1.50 bits per heavy atom. The highest BCUT2D eigenvalue weighted by molar-refractivity contribution is 7.13. The molecule has 1 aliphatic carbocycles. The fourth-order valence-electron chi connectivity index (χ4n) is 4.77. The summed E-state index contributed by atoms with van der Waals surface area (Å²) in [6.45, 7) is 1.97. The SMILES string of the molecule is O=C(OC1C2CCC1CN(P)C2)C1c2ccccc2Oc2ccccc21. The topological polar surface area (TPSA) is 38.8 Å². The van der Waals surface area contributed by atoms with E-state index in [0.717, 1.165) is 48.6 Å². The van der Waals surface area contributed by atoms with Crippen LogP contribution in [0.1, 0.15) is 29.9 Å². The molecule has 5 heteroatoms. The molecule has 0 aromatic heterocycles. The predicted octanol–water partition coefficient (Wildman–Crippen LogP) is 3.97. The molecule has 0 amide bonds. The molecule has 26 heavy (non-hydrogen) atoms. The van der Waals surface area contributed by atoms with Gasteiger partial charge < -0.3 is 9.47 Å². The van der Waals surface area contributed by atoms with Gasteiger partial charge >= 0.3 is 5.97 Å². The van der Waals surface area contributed by atoms with Crippen LogP contribution in [-0.2, 0) is 9.53 Å². The molecule has 2 aliphatic heterocycles. The van der Waals surface area contributed by atoms with Gasteiger partial charge in [0.15, 0.2) is 0 Å². The van der Waals surface area contributed by atoms with Crippen LogP contribution in [0.4, 0.5) is 0 Å². The zero-order valence-corrected chi connectivity index (χ0v) is 15.7.